The van der Waals surface area contributed by atoms with E-state index in [0.717, 1.165) is 28.2 Å². The summed E-state index contributed by atoms with van der Waals surface area (Å²) in [6.45, 7) is 8.53. The predicted octanol–water partition coefficient (Wildman–Crippen LogP) is 4.03. The van der Waals surface area contributed by atoms with Crippen molar-refractivity contribution in [3.63, 3.8) is 0 Å². The molecule has 0 atom stereocenters. The normalized spacial score (nSPS) is 11.1. The lowest BCUT2D eigenvalue weighted by Gasteiger charge is -2.10. The average molecular weight is 416 g/mol. The number of anilines is 1. The first-order valence-electron chi connectivity index (χ1n) is 10.2. The van der Waals surface area contributed by atoms with Crippen LogP contribution in [-0.2, 0) is 6.54 Å². The number of hydrogen-bond donors (Lipinski definition) is 1. The maximum absolute atomic E-state index is 13.0. The molecule has 8 heteroatoms. The number of aromatic nitrogens is 6. The zero-order valence-corrected chi connectivity index (χ0v) is 18.1. The minimum atomic E-state index is -0.198. The van der Waals surface area contributed by atoms with Crippen LogP contribution in [0.15, 0.2) is 54.6 Å². The molecule has 2 aromatic carbocycles. The minimum absolute atomic E-state index is 0.114. The molecule has 0 aliphatic rings. The van der Waals surface area contributed by atoms with Crippen molar-refractivity contribution in [2.24, 2.45) is 0 Å². The first kappa shape index (κ1) is 20.5. The highest BCUT2D eigenvalue weighted by atomic mass is 16.1. The average Bonchev–Trinajstić information content (AvgIpc) is 3.36. The Bertz CT molecular complexity index is 1210. The number of nitrogens with one attached hydrogen (secondary N) is 1. The Morgan fingerprint density at radius 1 is 1.06 bits per heavy atom. The van der Waals surface area contributed by atoms with Crippen molar-refractivity contribution < 1.29 is 4.79 Å². The van der Waals surface area contributed by atoms with Gasteiger partial charge in [0.1, 0.15) is 0 Å². The first-order valence-corrected chi connectivity index (χ1v) is 10.2. The van der Waals surface area contributed by atoms with Crippen LogP contribution in [0.1, 0.15) is 47.2 Å². The number of carbonyl (C=O) groups excluding carboxylic acids is 1. The lowest BCUT2D eigenvalue weighted by atomic mass is 10.1. The summed E-state index contributed by atoms with van der Waals surface area (Å²) in [6, 6.07) is 17.6. The summed E-state index contributed by atoms with van der Waals surface area (Å²) in [7, 11) is 0. The summed E-state index contributed by atoms with van der Waals surface area (Å²) < 4.78 is 3.65. The Morgan fingerprint density at radius 3 is 2.58 bits per heavy atom. The van der Waals surface area contributed by atoms with E-state index in [9.17, 15) is 4.79 Å². The van der Waals surface area contributed by atoms with Gasteiger partial charge in [0.25, 0.3) is 5.91 Å². The van der Waals surface area contributed by atoms with E-state index in [4.69, 9.17) is 0 Å². The third-order valence-electron chi connectivity index (χ3n) is 5.16. The fourth-order valence-corrected chi connectivity index (χ4v) is 3.50. The zero-order chi connectivity index (χ0) is 22.0. The zero-order valence-electron chi connectivity index (χ0n) is 18.1. The van der Waals surface area contributed by atoms with Crippen molar-refractivity contribution in [1.82, 2.24) is 30.0 Å². The molecule has 0 saturated heterocycles. The van der Waals surface area contributed by atoms with Crippen LogP contribution in [0, 0.1) is 13.8 Å². The van der Waals surface area contributed by atoms with Gasteiger partial charge in [-0.25, -0.2) is 4.68 Å². The minimum Gasteiger partial charge on any atom is -0.319 e. The molecular formula is C23H25N7O. The van der Waals surface area contributed by atoms with Crippen LogP contribution >= 0.6 is 0 Å². The second-order valence-electron chi connectivity index (χ2n) is 7.76. The topological polar surface area (TPSA) is 90.5 Å². The van der Waals surface area contributed by atoms with Crippen molar-refractivity contribution in [2.45, 2.75) is 40.3 Å². The maximum Gasteiger partial charge on any atom is 0.255 e. The summed E-state index contributed by atoms with van der Waals surface area (Å²) in [5.41, 5.74) is 4.90. The number of nitrogens with zero attached hydrogens (tertiary/aromatic N) is 6. The van der Waals surface area contributed by atoms with E-state index < -0.39 is 0 Å². The molecule has 4 aromatic rings. The predicted molar refractivity (Wildman–Crippen MR) is 119 cm³/mol. The molecule has 1 N–H and O–H groups in total. The Labute approximate surface area is 180 Å². The number of amides is 1. The number of carbonyl (C=O) groups is 1. The van der Waals surface area contributed by atoms with E-state index in [2.05, 4.69) is 38.1 Å². The van der Waals surface area contributed by atoms with Gasteiger partial charge in [0.2, 0.25) is 0 Å². The molecule has 2 heterocycles. The molecule has 0 aliphatic carbocycles. The van der Waals surface area contributed by atoms with Gasteiger partial charge >= 0.3 is 0 Å². The number of tetrazole rings is 1. The first-order chi connectivity index (χ1) is 14.9. The highest BCUT2D eigenvalue weighted by Gasteiger charge is 2.17. The Balaban J connectivity index is 1.57. The van der Waals surface area contributed by atoms with Crippen LogP contribution in [0.3, 0.4) is 0 Å². The van der Waals surface area contributed by atoms with E-state index in [1.807, 2.05) is 62.7 Å². The molecule has 0 radical (unpaired) electrons. The maximum atomic E-state index is 13.0. The van der Waals surface area contributed by atoms with Crippen LogP contribution in [0.4, 0.5) is 5.69 Å². The van der Waals surface area contributed by atoms with Crippen molar-refractivity contribution in [3.8, 4) is 11.4 Å². The quantitative estimate of drug-likeness (QED) is 0.513. The molecule has 0 aliphatic heterocycles. The highest BCUT2D eigenvalue weighted by molar-refractivity contribution is 6.05. The molecule has 31 heavy (non-hydrogen) atoms. The molecular weight excluding hydrogens is 390 g/mol. The summed E-state index contributed by atoms with van der Waals surface area (Å²) >= 11 is 0. The number of benzene rings is 2. The van der Waals surface area contributed by atoms with E-state index in [0.29, 0.717) is 17.9 Å². The fourth-order valence-electron chi connectivity index (χ4n) is 3.50. The van der Waals surface area contributed by atoms with Gasteiger partial charge in [-0.15, -0.1) is 5.10 Å². The lowest BCUT2D eigenvalue weighted by Crippen LogP contribution is -2.14. The largest absolute Gasteiger partial charge is 0.319 e. The molecule has 0 bridgehead atoms. The molecule has 8 nitrogen and oxygen atoms in total. The van der Waals surface area contributed by atoms with Crippen LogP contribution in [0.25, 0.3) is 11.4 Å². The van der Waals surface area contributed by atoms with Gasteiger partial charge in [-0.1, -0.05) is 42.5 Å². The van der Waals surface area contributed by atoms with E-state index >= 15 is 0 Å². The standard InChI is InChI=1S/C23H25N7O/c1-15(2)30-22(25-27-28-30)19-11-8-12-20(13-19)23(31)24-21-16(3)26-29(17(21)4)14-18-9-6-5-7-10-18/h5-13,15H,14H2,1-4H3,(H,24,31). The molecule has 0 spiro atoms. The third kappa shape index (κ3) is 4.23. The molecule has 0 saturated carbocycles. The molecule has 0 fully saturated rings. The third-order valence-corrected chi connectivity index (χ3v) is 5.16. The van der Waals surface area contributed by atoms with E-state index in [1.54, 1.807) is 16.8 Å². The van der Waals surface area contributed by atoms with Crippen molar-refractivity contribution in [3.05, 3.63) is 77.1 Å². The SMILES string of the molecule is Cc1nn(Cc2ccccc2)c(C)c1NC(=O)c1cccc(-c2nnnn2C(C)C)c1. The van der Waals surface area contributed by atoms with Gasteiger partial charge < -0.3 is 5.32 Å². The second-order valence-corrected chi connectivity index (χ2v) is 7.76. The van der Waals surface area contributed by atoms with Crippen molar-refractivity contribution >= 4 is 11.6 Å². The number of rotatable bonds is 6. The van der Waals surface area contributed by atoms with Gasteiger partial charge in [-0.2, -0.15) is 5.10 Å². The van der Waals surface area contributed by atoms with Crippen LogP contribution in [-0.4, -0.2) is 35.9 Å². The summed E-state index contributed by atoms with van der Waals surface area (Å²) in [6.07, 6.45) is 0. The molecule has 0 unspecified atom stereocenters. The summed E-state index contributed by atoms with van der Waals surface area (Å²) in [5.74, 6) is 0.434. The lowest BCUT2D eigenvalue weighted by molar-refractivity contribution is 0.102. The second kappa shape index (κ2) is 8.51. The van der Waals surface area contributed by atoms with Gasteiger partial charge in [-0.3, -0.25) is 9.48 Å². The van der Waals surface area contributed by atoms with Gasteiger partial charge in [0.15, 0.2) is 5.82 Å². The Hall–Kier alpha value is -3.81. The van der Waals surface area contributed by atoms with Crippen LogP contribution < -0.4 is 5.32 Å². The van der Waals surface area contributed by atoms with Gasteiger partial charge in [-0.05, 0) is 55.8 Å². The summed E-state index contributed by atoms with van der Waals surface area (Å²) in [5, 5.41) is 19.6. The Kier molecular flexibility index (Phi) is 5.62. The number of hydrogen-bond acceptors (Lipinski definition) is 5. The van der Waals surface area contributed by atoms with Crippen molar-refractivity contribution in [2.75, 3.05) is 5.32 Å². The molecule has 1 amide bonds. The monoisotopic (exact) mass is 415 g/mol. The molecule has 2 aromatic heterocycles. The van der Waals surface area contributed by atoms with Gasteiger partial charge in [0, 0.05) is 11.1 Å². The smallest absolute Gasteiger partial charge is 0.255 e. The Morgan fingerprint density at radius 2 is 1.84 bits per heavy atom. The number of aryl methyl sites for hydroxylation is 1. The van der Waals surface area contributed by atoms with Crippen molar-refractivity contribution in [1.29, 1.82) is 0 Å². The van der Waals surface area contributed by atoms with Crippen LogP contribution in [0.2, 0.25) is 0 Å². The van der Waals surface area contributed by atoms with E-state index in [1.165, 1.54) is 0 Å². The molecule has 4 rings (SSSR count). The molecule has 158 valence electrons. The fraction of sp³-hybridized carbons (Fsp3) is 0.261. The van der Waals surface area contributed by atoms with E-state index in [-0.39, 0.29) is 11.9 Å². The van der Waals surface area contributed by atoms with Crippen LogP contribution in [0.5, 0.6) is 0 Å². The highest BCUT2D eigenvalue weighted by Crippen LogP contribution is 2.23. The summed E-state index contributed by atoms with van der Waals surface area (Å²) in [4.78, 5) is 13.0. The van der Waals surface area contributed by atoms with Gasteiger partial charge in [0.05, 0.1) is 29.7 Å².